The zero-order chi connectivity index (χ0) is 26.3. The van der Waals surface area contributed by atoms with Crippen LogP contribution >= 0.6 is 15.9 Å². The van der Waals surface area contributed by atoms with Crippen molar-refractivity contribution in [3.8, 4) is 0 Å². The third-order valence-corrected chi connectivity index (χ3v) is 7.71. The molecular formula is C28H23BrFN3O3S. The highest BCUT2D eigenvalue weighted by atomic mass is 79.9. The first-order valence-corrected chi connectivity index (χ1v) is 13.5. The molecule has 1 aromatic heterocycles. The van der Waals surface area contributed by atoms with E-state index < -0.39 is 15.8 Å². The summed E-state index contributed by atoms with van der Waals surface area (Å²) in [6, 6.07) is 22.7. The molecule has 0 spiro atoms. The van der Waals surface area contributed by atoms with Crippen LogP contribution in [0.3, 0.4) is 0 Å². The maximum Gasteiger partial charge on any atom is 0.248 e. The lowest BCUT2D eigenvalue weighted by atomic mass is 10.2. The third-order valence-electron chi connectivity index (χ3n) is 5.41. The molecule has 9 heteroatoms. The largest absolute Gasteiger partial charge is 0.323 e. The molecule has 3 aromatic carbocycles. The minimum Gasteiger partial charge on any atom is -0.323 e. The Morgan fingerprint density at radius 1 is 0.919 bits per heavy atom. The summed E-state index contributed by atoms with van der Waals surface area (Å²) in [7, 11) is -3.92. The van der Waals surface area contributed by atoms with Crippen LogP contribution in [0.15, 0.2) is 113 Å². The van der Waals surface area contributed by atoms with Gasteiger partial charge in [-0.1, -0.05) is 40.2 Å². The molecule has 0 bridgehead atoms. The SMILES string of the molecule is O=C(/C=C/c1ccncc1)Nc1ccc(S(=O)(=O)N(Cc2ccc(F)cc2)Cc2cccc(Br)c2)cc1. The predicted molar refractivity (Wildman–Crippen MR) is 145 cm³/mol. The minimum atomic E-state index is -3.92. The number of nitrogens with one attached hydrogen (secondary N) is 1. The summed E-state index contributed by atoms with van der Waals surface area (Å²) in [5.74, 6) is -0.738. The average Bonchev–Trinajstić information content (AvgIpc) is 2.89. The van der Waals surface area contributed by atoms with E-state index in [9.17, 15) is 17.6 Å². The average molecular weight is 580 g/mol. The lowest BCUT2D eigenvalue weighted by Crippen LogP contribution is -2.30. The standard InChI is InChI=1S/C28H23BrFN3O3S/c29-24-3-1-2-23(18-24)20-33(19-22-4-7-25(30)8-5-22)37(35,36)27-11-9-26(10-12-27)32-28(34)13-6-21-14-16-31-17-15-21/h1-18H,19-20H2,(H,32,34)/b13-6+. The second-order valence-electron chi connectivity index (χ2n) is 8.16. The molecule has 0 saturated heterocycles. The van der Waals surface area contributed by atoms with Crippen molar-refractivity contribution in [2.45, 2.75) is 18.0 Å². The van der Waals surface area contributed by atoms with Crippen LogP contribution in [0.2, 0.25) is 0 Å². The molecule has 188 valence electrons. The number of hydrogen-bond acceptors (Lipinski definition) is 4. The zero-order valence-corrected chi connectivity index (χ0v) is 22.0. The van der Waals surface area contributed by atoms with Crippen LogP contribution in [0.25, 0.3) is 6.08 Å². The normalized spacial score (nSPS) is 11.6. The Labute approximate surface area is 223 Å². The Morgan fingerprint density at radius 3 is 2.27 bits per heavy atom. The van der Waals surface area contributed by atoms with E-state index >= 15 is 0 Å². The smallest absolute Gasteiger partial charge is 0.248 e. The maximum absolute atomic E-state index is 13.6. The number of aromatic nitrogens is 1. The summed E-state index contributed by atoms with van der Waals surface area (Å²) in [5.41, 5.74) is 2.74. The molecule has 0 radical (unpaired) electrons. The van der Waals surface area contributed by atoms with E-state index in [1.54, 1.807) is 54.9 Å². The zero-order valence-electron chi connectivity index (χ0n) is 19.6. The predicted octanol–water partition coefficient (Wildman–Crippen LogP) is 6.03. The molecule has 0 atom stereocenters. The number of nitrogens with zero attached hydrogens (tertiary/aromatic N) is 2. The molecule has 4 aromatic rings. The van der Waals surface area contributed by atoms with E-state index in [1.165, 1.54) is 34.6 Å². The highest BCUT2D eigenvalue weighted by molar-refractivity contribution is 9.10. The van der Waals surface area contributed by atoms with E-state index in [0.29, 0.717) is 11.3 Å². The van der Waals surface area contributed by atoms with Gasteiger partial charge in [0.05, 0.1) is 4.90 Å². The van der Waals surface area contributed by atoms with Gasteiger partial charge in [-0.3, -0.25) is 9.78 Å². The van der Waals surface area contributed by atoms with Gasteiger partial charge in [-0.05, 0) is 83.4 Å². The van der Waals surface area contributed by atoms with Crippen LogP contribution in [0.1, 0.15) is 16.7 Å². The van der Waals surface area contributed by atoms with E-state index in [1.807, 2.05) is 24.3 Å². The number of halogens is 2. The number of carbonyl (C=O) groups is 1. The third kappa shape index (κ3) is 7.42. The van der Waals surface area contributed by atoms with E-state index in [0.717, 1.165) is 15.6 Å². The Hall–Kier alpha value is -3.66. The van der Waals surface area contributed by atoms with Crippen LogP contribution in [0, 0.1) is 5.82 Å². The van der Waals surface area contributed by atoms with Gasteiger partial charge in [0.15, 0.2) is 0 Å². The first-order chi connectivity index (χ1) is 17.8. The fourth-order valence-corrected chi connectivity index (χ4v) is 5.41. The van der Waals surface area contributed by atoms with Crippen molar-refractivity contribution in [3.05, 3.63) is 130 Å². The number of benzene rings is 3. The Kier molecular flexibility index (Phi) is 8.60. The number of hydrogen-bond donors (Lipinski definition) is 1. The molecule has 0 aliphatic rings. The lowest BCUT2D eigenvalue weighted by Gasteiger charge is -2.23. The molecule has 1 amide bonds. The van der Waals surface area contributed by atoms with Crippen molar-refractivity contribution in [1.29, 1.82) is 0 Å². The molecule has 0 saturated carbocycles. The van der Waals surface area contributed by atoms with Gasteiger partial charge in [-0.15, -0.1) is 0 Å². The fourth-order valence-electron chi connectivity index (χ4n) is 3.55. The van der Waals surface area contributed by atoms with Gasteiger partial charge < -0.3 is 5.32 Å². The van der Waals surface area contributed by atoms with Gasteiger partial charge in [0, 0.05) is 41.7 Å². The van der Waals surface area contributed by atoms with Gasteiger partial charge in [-0.2, -0.15) is 4.31 Å². The highest BCUT2D eigenvalue weighted by Crippen LogP contribution is 2.24. The minimum absolute atomic E-state index is 0.0629. The van der Waals surface area contributed by atoms with Crippen LogP contribution in [0.5, 0.6) is 0 Å². The van der Waals surface area contributed by atoms with E-state index in [-0.39, 0.29) is 23.9 Å². The van der Waals surface area contributed by atoms with E-state index in [4.69, 9.17) is 0 Å². The van der Waals surface area contributed by atoms with Gasteiger partial charge in [0.2, 0.25) is 15.9 Å². The second kappa shape index (κ2) is 12.1. The van der Waals surface area contributed by atoms with Crippen LogP contribution < -0.4 is 5.32 Å². The summed E-state index contributed by atoms with van der Waals surface area (Å²) in [6.07, 6.45) is 6.31. The van der Waals surface area contributed by atoms with E-state index in [2.05, 4.69) is 26.2 Å². The molecule has 37 heavy (non-hydrogen) atoms. The Morgan fingerprint density at radius 2 is 1.59 bits per heavy atom. The monoisotopic (exact) mass is 579 g/mol. The Balaban J connectivity index is 1.53. The summed E-state index contributed by atoms with van der Waals surface area (Å²) in [6.45, 7) is 0.185. The molecule has 1 N–H and O–H groups in total. The second-order valence-corrected chi connectivity index (χ2v) is 11.0. The van der Waals surface area contributed by atoms with Crippen molar-refractivity contribution in [1.82, 2.24) is 9.29 Å². The first kappa shape index (κ1) is 26.4. The highest BCUT2D eigenvalue weighted by Gasteiger charge is 2.25. The van der Waals surface area contributed by atoms with Crippen LogP contribution in [0.4, 0.5) is 10.1 Å². The molecule has 0 aliphatic carbocycles. The molecule has 4 rings (SSSR count). The number of sulfonamides is 1. The first-order valence-electron chi connectivity index (χ1n) is 11.3. The maximum atomic E-state index is 13.6. The van der Waals surface area contributed by atoms with Gasteiger partial charge in [0.25, 0.3) is 0 Å². The molecule has 6 nitrogen and oxygen atoms in total. The van der Waals surface area contributed by atoms with Crippen molar-refractivity contribution in [3.63, 3.8) is 0 Å². The van der Waals surface area contributed by atoms with Crippen molar-refractivity contribution in [2.24, 2.45) is 0 Å². The summed E-state index contributed by atoms with van der Waals surface area (Å²) in [5, 5.41) is 2.72. The summed E-state index contributed by atoms with van der Waals surface area (Å²) >= 11 is 3.42. The van der Waals surface area contributed by atoms with Crippen molar-refractivity contribution >= 4 is 43.6 Å². The van der Waals surface area contributed by atoms with Crippen LogP contribution in [-0.4, -0.2) is 23.6 Å². The van der Waals surface area contributed by atoms with Crippen LogP contribution in [-0.2, 0) is 27.9 Å². The number of pyridine rings is 1. The number of amides is 1. The molecule has 0 aliphatic heterocycles. The lowest BCUT2D eigenvalue weighted by molar-refractivity contribution is -0.111. The number of anilines is 1. The van der Waals surface area contributed by atoms with Gasteiger partial charge in [0.1, 0.15) is 5.82 Å². The Bertz CT molecular complexity index is 1490. The summed E-state index contributed by atoms with van der Waals surface area (Å²) in [4.78, 5) is 16.3. The number of carbonyl (C=O) groups excluding carboxylic acids is 1. The van der Waals surface area contributed by atoms with Crippen molar-refractivity contribution < 1.29 is 17.6 Å². The molecule has 0 unspecified atom stereocenters. The van der Waals surface area contributed by atoms with Crippen molar-refractivity contribution in [2.75, 3.05) is 5.32 Å². The molecule has 0 fully saturated rings. The topological polar surface area (TPSA) is 79.4 Å². The van der Waals surface area contributed by atoms with Gasteiger partial charge >= 0.3 is 0 Å². The fraction of sp³-hybridized carbons (Fsp3) is 0.0714. The molecule has 1 heterocycles. The quantitative estimate of drug-likeness (QED) is 0.246. The van der Waals surface area contributed by atoms with Gasteiger partial charge in [-0.25, -0.2) is 12.8 Å². The summed E-state index contributed by atoms with van der Waals surface area (Å²) < 4.78 is 42.8. The molecular weight excluding hydrogens is 557 g/mol. The number of rotatable bonds is 9.